The van der Waals surface area contributed by atoms with E-state index < -0.39 is 0 Å². The molecule has 0 bridgehead atoms. The Kier molecular flexibility index (Phi) is 4.72. The number of hydrogen-bond donors (Lipinski definition) is 1. The van der Waals surface area contributed by atoms with E-state index in [-0.39, 0.29) is 6.29 Å². The molecule has 0 saturated heterocycles. The van der Waals surface area contributed by atoms with Gasteiger partial charge >= 0.3 is 0 Å². The van der Waals surface area contributed by atoms with Crippen LogP contribution < -0.4 is 5.32 Å². The van der Waals surface area contributed by atoms with Crippen molar-refractivity contribution in [1.82, 2.24) is 9.55 Å². The Bertz CT molecular complexity index is 2000. The van der Waals surface area contributed by atoms with Crippen molar-refractivity contribution in [2.75, 3.05) is 5.32 Å². The first-order valence-corrected chi connectivity index (χ1v) is 13.5. The predicted octanol–water partition coefficient (Wildman–Crippen LogP) is 8.49. The number of thiazole rings is 1. The van der Waals surface area contributed by atoms with Crippen molar-refractivity contribution in [3.63, 3.8) is 0 Å². The summed E-state index contributed by atoms with van der Waals surface area (Å²) in [5.74, 6) is 0. The normalized spacial score (nSPS) is 14.9. The second-order valence-corrected chi connectivity index (χ2v) is 10.5. The van der Waals surface area contributed by atoms with E-state index in [0.29, 0.717) is 0 Å². The fourth-order valence-electron chi connectivity index (χ4n) is 5.55. The third kappa shape index (κ3) is 3.22. The molecule has 180 valence electrons. The summed E-state index contributed by atoms with van der Waals surface area (Å²) in [5.41, 5.74) is 8.77. The summed E-state index contributed by atoms with van der Waals surface area (Å²) in [6, 6.07) is 42.3. The quantitative estimate of drug-likeness (QED) is 0.261. The molecule has 2 aromatic heterocycles. The van der Waals surface area contributed by atoms with E-state index in [1.807, 2.05) is 12.1 Å². The van der Waals surface area contributed by atoms with Gasteiger partial charge in [-0.25, -0.2) is 9.98 Å². The van der Waals surface area contributed by atoms with Gasteiger partial charge in [-0.05, 0) is 24.3 Å². The molecule has 1 N–H and O–H groups in total. The highest BCUT2D eigenvalue weighted by Crippen LogP contribution is 2.42. The van der Waals surface area contributed by atoms with Gasteiger partial charge in [-0.2, -0.15) is 0 Å². The Labute approximate surface area is 223 Å². The predicted molar refractivity (Wildman–Crippen MR) is 159 cm³/mol. The van der Waals surface area contributed by atoms with Crippen LogP contribution in [0.15, 0.2) is 126 Å². The Morgan fingerprint density at radius 3 is 2.21 bits per heavy atom. The SMILES string of the molecule is c1ccc(C2=NC(n3c4ccccc4c4ccc5nc(-c6ccccc6)sc5c43)Nc3ccccc32)cc1. The van der Waals surface area contributed by atoms with E-state index in [9.17, 15) is 0 Å². The number of nitrogens with zero attached hydrogens (tertiary/aromatic N) is 3. The largest absolute Gasteiger partial charge is 0.346 e. The molecule has 3 heterocycles. The number of fused-ring (bicyclic) bond motifs is 6. The zero-order valence-corrected chi connectivity index (χ0v) is 21.2. The van der Waals surface area contributed by atoms with Crippen molar-refractivity contribution in [1.29, 1.82) is 0 Å². The Hall–Kier alpha value is -4.74. The lowest BCUT2D eigenvalue weighted by atomic mass is 9.99. The second kappa shape index (κ2) is 8.40. The minimum atomic E-state index is -0.310. The first kappa shape index (κ1) is 21.4. The van der Waals surface area contributed by atoms with Gasteiger partial charge in [-0.3, -0.25) is 4.57 Å². The van der Waals surface area contributed by atoms with Gasteiger partial charge in [0.1, 0.15) is 5.01 Å². The highest BCUT2D eigenvalue weighted by Gasteiger charge is 2.26. The summed E-state index contributed by atoms with van der Waals surface area (Å²) >= 11 is 1.75. The smallest absolute Gasteiger partial charge is 0.201 e. The fraction of sp³-hybridized carbons (Fsp3) is 0.0303. The van der Waals surface area contributed by atoms with Gasteiger partial charge in [0.15, 0.2) is 0 Å². The molecule has 0 aliphatic carbocycles. The molecule has 4 nitrogen and oxygen atoms in total. The van der Waals surface area contributed by atoms with Crippen LogP contribution >= 0.6 is 11.3 Å². The van der Waals surface area contributed by atoms with Crippen LogP contribution in [0.2, 0.25) is 0 Å². The van der Waals surface area contributed by atoms with Crippen LogP contribution in [-0.2, 0) is 0 Å². The lowest BCUT2D eigenvalue weighted by Crippen LogP contribution is -2.24. The average Bonchev–Trinajstić information content (AvgIpc) is 3.57. The molecule has 0 fully saturated rings. The zero-order chi connectivity index (χ0) is 25.1. The molecule has 1 atom stereocenters. The van der Waals surface area contributed by atoms with E-state index >= 15 is 0 Å². The molecule has 8 rings (SSSR count). The molecule has 5 heteroatoms. The van der Waals surface area contributed by atoms with Gasteiger partial charge < -0.3 is 5.32 Å². The van der Waals surface area contributed by atoms with Gasteiger partial charge in [-0.1, -0.05) is 97.1 Å². The van der Waals surface area contributed by atoms with Gasteiger partial charge in [0, 0.05) is 33.2 Å². The number of aliphatic imine (C=N–C) groups is 1. The number of nitrogens with one attached hydrogen (secondary N) is 1. The van der Waals surface area contributed by atoms with Gasteiger partial charge in [0.2, 0.25) is 6.29 Å². The highest BCUT2D eigenvalue weighted by atomic mass is 32.1. The molecule has 1 aliphatic rings. The van der Waals surface area contributed by atoms with E-state index in [1.54, 1.807) is 11.3 Å². The van der Waals surface area contributed by atoms with Gasteiger partial charge in [0.05, 0.1) is 27.0 Å². The Morgan fingerprint density at radius 1 is 0.658 bits per heavy atom. The Balaban J connectivity index is 1.43. The second-order valence-electron chi connectivity index (χ2n) is 9.49. The van der Waals surface area contributed by atoms with Crippen LogP contribution in [0.5, 0.6) is 0 Å². The molecule has 1 unspecified atom stereocenters. The zero-order valence-electron chi connectivity index (χ0n) is 20.4. The number of anilines is 1. The van der Waals surface area contributed by atoms with Crippen LogP contribution in [0, 0.1) is 0 Å². The summed E-state index contributed by atoms with van der Waals surface area (Å²) < 4.78 is 3.54. The third-order valence-electron chi connectivity index (χ3n) is 7.26. The van der Waals surface area contributed by atoms with Crippen molar-refractivity contribution in [3.05, 3.63) is 132 Å². The molecule has 0 spiro atoms. The highest BCUT2D eigenvalue weighted by molar-refractivity contribution is 7.22. The van der Waals surface area contributed by atoms with Crippen LogP contribution in [-0.4, -0.2) is 15.3 Å². The van der Waals surface area contributed by atoms with Gasteiger partial charge in [-0.15, -0.1) is 11.3 Å². The Morgan fingerprint density at radius 2 is 1.37 bits per heavy atom. The summed E-state index contributed by atoms with van der Waals surface area (Å²) in [6.07, 6.45) is -0.310. The molecule has 1 aliphatic heterocycles. The summed E-state index contributed by atoms with van der Waals surface area (Å²) in [4.78, 5) is 10.4. The van der Waals surface area contributed by atoms with E-state index in [2.05, 4.69) is 119 Å². The molecule has 5 aromatic carbocycles. The maximum atomic E-state index is 5.36. The van der Waals surface area contributed by atoms with E-state index in [0.717, 1.165) is 49.6 Å². The van der Waals surface area contributed by atoms with E-state index in [1.165, 1.54) is 15.5 Å². The number of aromatic nitrogens is 2. The molecule has 0 saturated carbocycles. The molecule has 38 heavy (non-hydrogen) atoms. The van der Waals surface area contributed by atoms with Crippen molar-refractivity contribution in [2.45, 2.75) is 6.29 Å². The van der Waals surface area contributed by atoms with E-state index in [4.69, 9.17) is 9.98 Å². The maximum Gasteiger partial charge on any atom is 0.201 e. The van der Waals surface area contributed by atoms with Crippen LogP contribution in [0.4, 0.5) is 5.69 Å². The molecule has 7 aromatic rings. The molecule has 0 radical (unpaired) electrons. The summed E-state index contributed by atoms with van der Waals surface area (Å²) in [5, 5.41) is 7.21. The third-order valence-corrected chi connectivity index (χ3v) is 8.38. The molecular formula is C33H22N4S. The number of para-hydroxylation sites is 2. The first-order chi connectivity index (χ1) is 18.8. The first-order valence-electron chi connectivity index (χ1n) is 12.7. The topological polar surface area (TPSA) is 42.2 Å². The standard InChI is InChI=1S/C33H22N4S/c1-3-11-21(12-4-1)29-25-16-7-9-17-26(25)35-33(36-29)37-28-18-10-8-15-23(28)24-19-20-27-31(30(24)37)38-32(34-27)22-13-5-2-6-14-22/h1-20,33,35H. The van der Waals surface area contributed by atoms with Crippen molar-refractivity contribution in [2.24, 2.45) is 4.99 Å². The molecule has 0 amide bonds. The van der Waals surface area contributed by atoms with Crippen molar-refractivity contribution < 1.29 is 0 Å². The van der Waals surface area contributed by atoms with Crippen molar-refractivity contribution in [3.8, 4) is 10.6 Å². The average molecular weight is 507 g/mol. The minimum Gasteiger partial charge on any atom is -0.346 e. The monoisotopic (exact) mass is 506 g/mol. The van der Waals surface area contributed by atoms with Gasteiger partial charge in [0.25, 0.3) is 0 Å². The van der Waals surface area contributed by atoms with Crippen LogP contribution in [0.3, 0.4) is 0 Å². The lowest BCUT2D eigenvalue weighted by Gasteiger charge is -2.28. The molecular weight excluding hydrogens is 484 g/mol. The van der Waals surface area contributed by atoms with Crippen molar-refractivity contribution >= 4 is 54.8 Å². The van der Waals surface area contributed by atoms with Crippen LogP contribution in [0.25, 0.3) is 42.6 Å². The minimum absolute atomic E-state index is 0.310. The number of benzene rings is 5. The van der Waals surface area contributed by atoms with Crippen LogP contribution in [0.1, 0.15) is 17.4 Å². The summed E-state index contributed by atoms with van der Waals surface area (Å²) in [7, 11) is 0. The number of hydrogen-bond acceptors (Lipinski definition) is 4. The number of rotatable bonds is 3. The maximum absolute atomic E-state index is 5.36. The lowest BCUT2D eigenvalue weighted by molar-refractivity contribution is 0.626. The summed E-state index contributed by atoms with van der Waals surface area (Å²) in [6.45, 7) is 0. The fourth-order valence-corrected chi connectivity index (χ4v) is 6.67.